The Labute approximate surface area is 86.2 Å². The molecule has 2 saturated carbocycles. The number of nitrogens with two attached hydrogens (primary N) is 1. The Morgan fingerprint density at radius 1 is 1.43 bits per heavy atom. The average Bonchev–Trinajstić information content (AvgIpc) is 2.87. The molecule has 0 aliphatic heterocycles. The van der Waals surface area contributed by atoms with Crippen LogP contribution in [0, 0.1) is 11.8 Å². The summed E-state index contributed by atoms with van der Waals surface area (Å²) < 4.78 is 0. The zero-order valence-electron chi connectivity index (χ0n) is 9.09. The molecule has 2 N–H and O–H groups in total. The van der Waals surface area contributed by atoms with Crippen molar-refractivity contribution in [1.29, 1.82) is 0 Å². The predicted octanol–water partition coefficient (Wildman–Crippen LogP) is 2.26. The maximum atomic E-state index is 12.0. The van der Waals surface area contributed by atoms with E-state index in [1.165, 1.54) is 19.3 Å². The van der Waals surface area contributed by atoms with E-state index in [4.69, 9.17) is 5.73 Å². The lowest BCUT2D eigenvalue weighted by Crippen LogP contribution is -2.51. The van der Waals surface area contributed by atoms with Gasteiger partial charge in [0, 0.05) is 6.42 Å². The molecule has 2 rings (SSSR count). The van der Waals surface area contributed by atoms with E-state index in [1.54, 1.807) is 0 Å². The van der Waals surface area contributed by atoms with Crippen molar-refractivity contribution in [1.82, 2.24) is 0 Å². The van der Waals surface area contributed by atoms with Crippen LogP contribution in [0.5, 0.6) is 0 Å². The number of hydrogen-bond donors (Lipinski definition) is 1. The highest BCUT2D eigenvalue weighted by Crippen LogP contribution is 2.37. The van der Waals surface area contributed by atoms with Gasteiger partial charge >= 0.3 is 0 Å². The van der Waals surface area contributed by atoms with E-state index in [0.717, 1.165) is 25.7 Å². The molecule has 2 aliphatic rings. The maximum Gasteiger partial charge on any atom is 0.152 e. The van der Waals surface area contributed by atoms with Crippen LogP contribution in [0.4, 0.5) is 0 Å². The van der Waals surface area contributed by atoms with E-state index >= 15 is 0 Å². The molecule has 0 radical (unpaired) electrons. The molecule has 14 heavy (non-hydrogen) atoms. The molecule has 2 nitrogen and oxygen atoms in total. The molecule has 2 heteroatoms. The molecule has 0 bridgehead atoms. The minimum Gasteiger partial charge on any atom is -0.319 e. The Kier molecular flexibility index (Phi) is 2.65. The summed E-state index contributed by atoms with van der Waals surface area (Å²) >= 11 is 0. The van der Waals surface area contributed by atoms with Gasteiger partial charge in [-0.2, -0.15) is 0 Å². The first kappa shape index (κ1) is 10.2. The first-order valence-electron chi connectivity index (χ1n) is 5.92. The number of ketones is 1. The monoisotopic (exact) mass is 195 g/mol. The number of carbonyl (C=O) groups excluding carboxylic acids is 1. The molecule has 0 aromatic rings. The van der Waals surface area contributed by atoms with Crippen molar-refractivity contribution in [3.8, 4) is 0 Å². The molecule has 2 atom stereocenters. The smallest absolute Gasteiger partial charge is 0.152 e. The van der Waals surface area contributed by atoms with Gasteiger partial charge in [0.05, 0.1) is 5.54 Å². The fourth-order valence-corrected chi connectivity index (χ4v) is 2.63. The summed E-state index contributed by atoms with van der Waals surface area (Å²) in [6, 6.07) is 0. The minimum absolute atomic E-state index is 0.339. The first-order chi connectivity index (χ1) is 6.60. The van der Waals surface area contributed by atoms with E-state index in [2.05, 4.69) is 6.92 Å². The van der Waals surface area contributed by atoms with Crippen LogP contribution in [0.25, 0.3) is 0 Å². The van der Waals surface area contributed by atoms with Crippen LogP contribution >= 0.6 is 0 Å². The summed E-state index contributed by atoms with van der Waals surface area (Å²) in [5, 5.41) is 0. The maximum absolute atomic E-state index is 12.0. The Bertz CT molecular complexity index is 234. The molecule has 0 aromatic carbocycles. The van der Waals surface area contributed by atoms with Crippen LogP contribution in [0.15, 0.2) is 0 Å². The molecule has 2 unspecified atom stereocenters. The van der Waals surface area contributed by atoms with Crippen molar-refractivity contribution in [2.45, 2.75) is 57.4 Å². The third-order valence-corrected chi connectivity index (χ3v) is 3.76. The highest BCUT2D eigenvalue weighted by atomic mass is 16.1. The summed E-state index contributed by atoms with van der Waals surface area (Å²) in [4.78, 5) is 12.0. The van der Waals surface area contributed by atoms with E-state index in [1.807, 2.05) is 0 Å². The van der Waals surface area contributed by atoms with E-state index in [9.17, 15) is 4.79 Å². The van der Waals surface area contributed by atoms with Crippen LogP contribution in [0.3, 0.4) is 0 Å². The minimum atomic E-state index is -0.458. The highest BCUT2D eigenvalue weighted by molar-refractivity contribution is 5.88. The molecule has 80 valence electrons. The first-order valence-corrected chi connectivity index (χ1v) is 5.92. The van der Waals surface area contributed by atoms with Crippen LogP contribution in [0.2, 0.25) is 0 Å². The van der Waals surface area contributed by atoms with Gasteiger partial charge in [0.2, 0.25) is 0 Å². The summed E-state index contributed by atoms with van der Waals surface area (Å²) in [6.45, 7) is 2.21. The Hall–Kier alpha value is -0.370. The molecular formula is C12H21NO. The number of Topliss-reactive ketones (excluding diaryl/α,β-unsaturated/α-hetero) is 1. The summed E-state index contributed by atoms with van der Waals surface area (Å²) in [7, 11) is 0. The molecule has 0 aromatic heterocycles. The van der Waals surface area contributed by atoms with Crippen molar-refractivity contribution in [3.63, 3.8) is 0 Å². The zero-order chi connectivity index (χ0) is 10.2. The van der Waals surface area contributed by atoms with Crippen LogP contribution in [0.1, 0.15) is 51.9 Å². The molecule has 0 amide bonds. The lowest BCUT2D eigenvalue weighted by atomic mass is 9.73. The predicted molar refractivity (Wildman–Crippen MR) is 56.9 cm³/mol. The van der Waals surface area contributed by atoms with Gasteiger partial charge in [0.15, 0.2) is 5.78 Å². The second-order valence-corrected chi connectivity index (χ2v) is 5.43. The molecule has 0 spiro atoms. The van der Waals surface area contributed by atoms with Crippen molar-refractivity contribution >= 4 is 5.78 Å². The third kappa shape index (κ3) is 2.17. The lowest BCUT2D eigenvalue weighted by molar-refractivity contribution is -0.126. The normalized spacial score (nSPS) is 38.3. The van der Waals surface area contributed by atoms with Gasteiger partial charge in [0.1, 0.15) is 0 Å². The molecular weight excluding hydrogens is 174 g/mol. The fraction of sp³-hybridized carbons (Fsp3) is 0.917. The number of carbonyl (C=O) groups is 1. The highest BCUT2D eigenvalue weighted by Gasteiger charge is 2.39. The third-order valence-electron chi connectivity index (χ3n) is 3.76. The van der Waals surface area contributed by atoms with E-state index in [0.29, 0.717) is 17.6 Å². The second-order valence-electron chi connectivity index (χ2n) is 5.43. The van der Waals surface area contributed by atoms with Crippen LogP contribution in [-0.2, 0) is 4.79 Å². The quantitative estimate of drug-likeness (QED) is 0.750. The summed E-state index contributed by atoms with van der Waals surface area (Å²) in [5.74, 6) is 1.66. The largest absolute Gasteiger partial charge is 0.319 e. The van der Waals surface area contributed by atoms with Crippen molar-refractivity contribution in [2.24, 2.45) is 17.6 Å². The Morgan fingerprint density at radius 3 is 2.71 bits per heavy atom. The van der Waals surface area contributed by atoms with E-state index < -0.39 is 5.54 Å². The van der Waals surface area contributed by atoms with Crippen LogP contribution in [-0.4, -0.2) is 11.3 Å². The molecule has 0 saturated heterocycles. The molecule has 0 heterocycles. The summed E-state index contributed by atoms with van der Waals surface area (Å²) in [6.07, 6.45) is 7.46. The fourth-order valence-electron chi connectivity index (χ4n) is 2.63. The van der Waals surface area contributed by atoms with Gasteiger partial charge in [-0.1, -0.05) is 19.8 Å². The van der Waals surface area contributed by atoms with Gasteiger partial charge < -0.3 is 5.73 Å². The SMILES string of the molecule is CC1CCCC(N)(C(=O)CC2CC2)C1. The van der Waals surface area contributed by atoms with Crippen molar-refractivity contribution in [2.75, 3.05) is 0 Å². The average molecular weight is 195 g/mol. The van der Waals surface area contributed by atoms with Crippen molar-refractivity contribution < 1.29 is 4.79 Å². The van der Waals surface area contributed by atoms with E-state index in [-0.39, 0.29) is 0 Å². The lowest BCUT2D eigenvalue weighted by Gasteiger charge is -2.35. The standard InChI is InChI=1S/C12H21NO/c1-9-3-2-6-12(13,8-9)11(14)7-10-4-5-10/h9-10H,2-8,13H2,1H3. The Balaban J connectivity index is 1.94. The van der Waals surface area contributed by atoms with Crippen molar-refractivity contribution in [3.05, 3.63) is 0 Å². The topological polar surface area (TPSA) is 43.1 Å². The molecule has 2 fully saturated rings. The van der Waals surface area contributed by atoms with Gasteiger partial charge in [-0.05, 0) is 37.5 Å². The van der Waals surface area contributed by atoms with Gasteiger partial charge in [-0.3, -0.25) is 4.79 Å². The van der Waals surface area contributed by atoms with Gasteiger partial charge in [-0.15, -0.1) is 0 Å². The second kappa shape index (κ2) is 3.65. The van der Waals surface area contributed by atoms with Gasteiger partial charge in [-0.25, -0.2) is 0 Å². The number of rotatable bonds is 3. The van der Waals surface area contributed by atoms with Crippen LogP contribution < -0.4 is 5.73 Å². The Morgan fingerprint density at radius 2 is 2.14 bits per heavy atom. The number of hydrogen-bond acceptors (Lipinski definition) is 2. The summed E-state index contributed by atoms with van der Waals surface area (Å²) in [5.41, 5.74) is 5.76. The molecule has 2 aliphatic carbocycles. The zero-order valence-corrected chi connectivity index (χ0v) is 9.09. The van der Waals surface area contributed by atoms with Gasteiger partial charge in [0.25, 0.3) is 0 Å².